The molecule has 0 unspecified atom stereocenters. The van der Waals surface area contributed by atoms with Crippen LogP contribution in [0, 0.1) is 5.82 Å². The summed E-state index contributed by atoms with van der Waals surface area (Å²) < 4.78 is 53.5. The zero-order valence-corrected chi connectivity index (χ0v) is 22.4. The molecule has 0 fully saturated rings. The molecule has 0 aromatic heterocycles. The highest BCUT2D eigenvalue weighted by Gasteiger charge is 2.24. The van der Waals surface area contributed by atoms with Gasteiger partial charge in [-0.15, -0.1) is 0 Å². The first-order valence-corrected chi connectivity index (χ1v) is 12.8. The van der Waals surface area contributed by atoms with Gasteiger partial charge in [0.15, 0.2) is 0 Å². The minimum atomic E-state index is -4.26. The molecule has 38 heavy (non-hydrogen) atoms. The molecule has 3 N–H and O–H groups in total. The van der Waals surface area contributed by atoms with E-state index in [1.165, 1.54) is 82.8 Å². The predicted octanol–water partition coefficient (Wildman–Crippen LogP) is 4.90. The summed E-state index contributed by atoms with van der Waals surface area (Å²) in [5.41, 5.74) is 0.696. The van der Waals surface area contributed by atoms with Gasteiger partial charge in [0.05, 0.1) is 24.9 Å². The molecule has 0 aliphatic heterocycles. The molecule has 3 aromatic carbocycles. The van der Waals surface area contributed by atoms with E-state index in [-0.39, 0.29) is 32.6 Å². The fourth-order valence-corrected chi connectivity index (χ4v) is 5.00. The van der Waals surface area contributed by atoms with Gasteiger partial charge in [-0.2, -0.15) is 0 Å². The molecule has 3 aromatic rings. The third-order valence-corrected chi connectivity index (χ3v) is 7.53. The number of nitrogens with one attached hydrogen (secondary N) is 2. The Hall–Kier alpha value is -4.03. The van der Waals surface area contributed by atoms with Gasteiger partial charge in [0, 0.05) is 18.3 Å². The molecule has 0 radical (unpaired) electrons. The van der Waals surface area contributed by atoms with Gasteiger partial charge >= 0.3 is 6.09 Å². The van der Waals surface area contributed by atoms with Crippen LogP contribution in [0.4, 0.5) is 20.6 Å². The van der Waals surface area contributed by atoms with Crippen molar-refractivity contribution in [1.29, 1.82) is 0 Å². The number of hydrogen-bond acceptors (Lipinski definition) is 6. The van der Waals surface area contributed by atoms with Crippen molar-refractivity contribution in [3.8, 4) is 22.6 Å². The quantitative estimate of drug-likeness (QED) is 0.336. The first kappa shape index (κ1) is 28.5. The molecule has 3 rings (SSSR count). The van der Waals surface area contributed by atoms with Crippen molar-refractivity contribution in [3.63, 3.8) is 0 Å². The first-order valence-electron chi connectivity index (χ1n) is 11.0. The molecule has 0 heterocycles. The number of nitrogens with zero attached hydrogens (tertiary/aromatic N) is 1. The van der Waals surface area contributed by atoms with Crippen LogP contribution in [-0.4, -0.2) is 57.7 Å². The number of rotatable bonds is 9. The van der Waals surface area contributed by atoms with Crippen LogP contribution in [0.15, 0.2) is 59.5 Å². The van der Waals surface area contributed by atoms with Crippen LogP contribution < -0.4 is 19.5 Å². The van der Waals surface area contributed by atoms with E-state index in [1.54, 1.807) is 0 Å². The number of sulfonamides is 1. The Kier molecular flexibility index (Phi) is 8.69. The summed E-state index contributed by atoms with van der Waals surface area (Å²) >= 11 is 6.31. The predicted molar refractivity (Wildman–Crippen MR) is 141 cm³/mol. The third kappa shape index (κ3) is 6.26. The van der Waals surface area contributed by atoms with E-state index >= 15 is 0 Å². The Morgan fingerprint density at radius 2 is 1.76 bits per heavy atom. The molecular weight excluding hydrogens is 541 g/mol. The molecule has 0 saturated heterocycles. The number of hydrogen-bond donors (Lipinski definition) is 3. The minimum Gasteiger partial charge on any atom is -0.497 e. The Morgan fingerprint density at radius 3 is 2.37 bits per heavy atom. The van der Waals surface area contributed by atoms with Crippen molar-refractivity contribution in [2.24, 2.45) is 0 Å². The SMILES string of the molecule is COc1ccc(F)c(-c2ccc(S(=O)(=O)Nc3cc(NC(=O)[C@H](C)N(C)C(=O)O)ccc3OC)c(Cl)c2)c1. The molecule has 2 amide bonds. The fourth-order valence-electron chi connectivity index (χ4n) is 3.39. The molecule has 0 saturated carbocycles. The second kappa shape index (κ2) is 11.6. The van der Waals surface area contributed by atoms with E-state index < -0.39 is 33.9 Å². The standard InChI is InChI=1S/C25H25ClFN3O7S/c1-14(30(2)25(32)33)24(31)28-16-6-9-22(37-4)21(12-16)29-38(34,35)23-10-5-15(11-19(23)26)18-13-17(36-3)7-8-20(18)27/h5-14,29H,1-4H3,(H,28,31)(H,32,33)/t14-/m0/s1. The number of benzene rings is 3. The zero-order chi connectivity index (χ0) is 28.2. The van der Waals surface area contributed by atoms with Crippen LogP contribution in [0.2, 0.25) is 5.02 Å². The summed E-state index contributed by atoms with van der Waals surface area (Å²) in [5, 5.41) is 11.5. The molecular formula is C25H25ClFN3O7S. The second-order valence-electron chi connectivity index (χ2n) is 8.07. The Morgan fingerprint density at radius 1 is 1.05 bits per heavy atom. The van der Waals surface area contributed by atoms with Gasteiger partial charge in [0.2, 0.25) is 5.91 Å². The number of carboxylic acid groups (broad SMARTS) is 1. The molecule has 0 spiro atoms. The largest absolute Gasteiger partial charge is 0.497 e. The van der Waals surface area contributed by atoms with Crippen LogP contribution in [-0.2, 0) is 14.8 Å². The van der Waals surface area contributed by atoms with Crippen molar-refractivity contribution in [2.45, 2.75) is 17.9 Å². The van der Waals surface area contributed by atoms with Crippen LogP contribution >= 0.6 is 11.6 Å². The number of ether oxygens (including phenoxy) is 2. The van der Waals surface area contributed by atoms with E-state index in [2.05, 4.69) is 10.0 Å². The van der Waals surface area contributed by atoms with Gasteiger partial charge in [0.25, 0.3) is 10.0 Å². The Balaban J connectivity index is 1.90. The molecule has 0 aliphatic rings. The summed E-state index contributed by atoms with van der Waals surface area (Å²) in [4.78, 5) is 24.1. The average Bonchev–Trinajstić information content (AvgIpc) is 2.87. The van der Waals surface area contributed by atoms with E-state index in [4.69, 9.17) is 26.2 Å². The summed E-state index contributed by atoms with van der Waals surface area (Å²) in [6.45, 7) is 1.40. The Labute approximate surface area is 224 Å². The lowest BCUT2D eigenvalue weighted by Crippen LogP contribution is -2.42. The van der Waals surface area contributed by atoms with Gasteiger partial charge in [-0.05, 0) is 61.0 Å². The maximum absolute atomic E-state index is 14.4. The third-order valence-electron chi connectivity index (χ3n) is 5.68. The van der Waals surface area contributed by atoms with E-state index in [9.17, 15) is 22.4 Å². The molecule has 0 aliphatic carbocycles. The van der Waals surface area contributed by atoms with E-state index in [1.807, 2.05) is 0 Å². The van der Waals surface area contributed by atoms with Gasteiger partial charge in [-0.25, -0.2) is 17.6 Å². The van der Waals surface area contributed by atoms with Crippen molar-refractivity contribution in [2.75, 3.05) is 31.3 Å². The summed E-state index contributed by atoms with van der Waals surface area (Å²) in [6, 6.07) is 11.3. The minimum absolute atomic E-state index is 0.0106. The number of anilines is 2. The van der Waals surface area contributed by atoms with Crippen molar-refractivity contribution in [1.82, 2.24) is 4.90 Å². The summed E-state index contributed by atoms with van der Waals surface area (Å²) in [5.74, 6) is -0.604. The van der Waals surface area contributed by atoms with Crippen LogP contribution in [0.3, 0.4) is 0 Å². The normalized spacial score (nSPS) is 11.8. The maximum Gasteiger partial charge on any atom is 0.407 e. The lowest BCUT2D eigenvalue weighted by molar-refractivity contribution is -0.119. The first-order chi connectivity index (χ1) is 17.9. The van der Waals surface area contributed by atoms with Crippen LogP contribution in [0.5, 0.6) is 11.5 Å². The van der Waals surface area contributed by atoms with Crippen molar-refractivity contribution >= 4 is 45.0 Å². The molecule has 202 valence electrons. The molecule has 0 bridgehead atoms. The van der Waals surface area contributed by atoms with Gasteiger partial charge in [-0.1, -0.05) is 17.7 Å². The lowest BCUT2D eigenvalue weighted by atomic mass is 10.0. The van der Waals surface area contributed by atoms with Crippen LogP contribution in [0.1, 0.15) is 6.92 Å². The van der Waals surface area contributed by atoms with Crippen LogP contribution in [0.25, 0.3) is 11.1 Å². The number of carbonyl (C=O) groups is 2. The highest BCUT2D eigenvalue weighted by molar-refractivity contribution is 7.92. The van der Waals surface area contributed by atoms with Gasteiger partial charge < -0.3 is 19.9 Å². The summed E-state index contributed by atoms with van der Waals surface area (Å²) in [6.07, 6.45) is -1.28. The van der Waals surface area contributed by atoms with E-state index in [0.717, 1.165) is 4.90 Å². The topological polar surface area (TPSA) is 134 Å². The fraction of sp³-hybridized carbons (Fsp3) is 0.200. The number of halogens is 2. The van der Waals surface area contributed by atoms with Gasteiger partial charge in [0.1, 0.15) is 28.3 Å². The Bertz CT molecular complexity index is 1480. The molecule has 1 atom stereocenters. The molecule has 10 nitrogen and oxygen atoms in total. The second-order valence-corrected chi connectivity index (χ2v) is 10.1. The average molecular weight is 566 g/mol. The summed E-state index contributed by atoms with van der Waals surface area (Å²) in [7, 11) is -0.243. The number of carbonyl (C=O) groups excluding carboxylic acids is 1. The zero-order valence-electron chi connectivity index (χ0n) is 20.8. The highest BCUT2D eigenvalue weighted by Crippen LogP contribution is 2.34. The molecule has 13 heteroatoms. The van der Waals surface area contributed by atoms with Gasteiger partial charge in [-0.3, -0.25) is 14.4 Å². The lowest BCUT2D eigenvalue weighted by Gasteiger charge is -2.21. The van der Waals surface area contributed by atoms with E-state index in [0.29, 0.717) is 11.3 Å². The number of likely N-dealkylation sites (N-methyl/N-ethyl adjacent to an activating group) is 1. The highest BCUT2D eigenvalue weighted by atomic mass is 35.5. The van der Waals surface area contributed by atoms with Crippen molar-refractivity contribution in [3.05, 3.63) is 65.4 Å². The smallest absolute Gasteiger partial charge is 0.407 e. The maximum atomic E-state index is 14.4. The number of amides is 2. The monoisotopic (exact) mass is 565 g/mol. The number of methoxy groups -OCH3 is 2. The van der Waals surface area contributed by atoms with Crippen molar-refractivity contribution < 1.29 is 37.0 Å².